The fourth-order valence-electron chi connectivity index (χ4n) is 1.46. The molecule has 0 unspecified atom stereocenters. The Kier molecular flexibility index (Phi) is 3.24. The quantitative estimate of drug-likeness (QED) is 0.580. The zero-order valence-corrected chi connectivity index (χ0v) is 9.10. The molecule has 1 aromatic heterocycles. The lowest BCUT2D eigenvalue weighted by Crippen LogP contribution is -2.25. The average Bonchev–Trinajstić information content (AvgIpc) is 2.21. The van der Waals surface area contributed by atoms with E-state index in [2.05, 4.69) is 9.98 Å². The lowest BCUT2D eigenvalue weighted by molar-refractivity contribution is 0.114. The second-order valence-corrected chi connectivity index (χ2v) is 3.91. The Morgan fingerprint density at radius 3 is 2.94 bits per heavy atom. The minimum absolute atomic E-state index is 0.0956. The molecule has 0 amide bonds. The van der Waals surface area contributed by atoms with Gasteiger partial charge in [-0.2, -0.15) is 0 Å². The SMILES string of the molecule is NC(N)=NCc1ccnc(OC2CCC2)c1. The van der Waals surface area contributed by atoms with Crippen LogP contribution in [0.3, 0.4) is 0 Å². The molecule has 5 nitrogen and oxygen atoms in total. The fraction of sp³-hybridized carbons (Fsp3) is 0.455. The zero-order valence-electron chi connectivity index (χ0n) is 9.10. The Balaban J connectivity index is 1.98. The van der Waals surface area contributed by atoms with Gasteiger partial charge in [0.2, 0.25) is 5.88 Å². The standard InChI is InChI=1S/C11H16N4O/c12-11(13)15-7-8-4-5-14-10(6-8)16-9-2-1-3-9/h4-6,9H,1-3,7H2,(H4,12,13,15). The molecule has 1 fully saturated rings. The Labute approximate surface area is 94.5 Å². The van der Waals surface area contributed by atoms with E-state index < -0.39 is 0 Å². The third-order valence-corrected chi connectivity index (χ3v) is 2.58. The first-order valence-corrected chi connectivity index (χ1v) is 5.41. The monoisotopic (exact) mass is 220 g/mol. The van der Waals surface area contributed by atoms with Crippen LogP contribution < -0.4 is 16.2 Å². The molecule has 0 aliphatic heterocycles. The lowest BCUT2D eigenvalue weighted by atomic mass is 9.96. The van der Waals surface area contributed by atoms with E-state index in [1.54, 1.807) is 6.20 Å². The van der Waals surface area contributed by atoms with Gasteiger partial charge in [0, 0.05) is 12.3 Å². The van der Waals surface area contributed by atoms with Gasteiger partial charge in [-0.1, -0.05) is 0 Å². The van der Waals surface area contributed by atoms with Gasteiger partial charge < -0.3 is 16.2 Å². The smallest absolute Gasteiger partial charge is 0.213 e. The van der Waals surface area contributed by atoms with Crippen LogP contribution >= 0.6 is 0 Å². The van der Waals surface area contributed by atoms with Crippen molar-refractivity contribution < 1.29 is 4.74 Å². The number of hydrogen-bond acceptors (Lipinski definition) is 3. The van der Waals surface area contributed by atoms with Gasteiger partial charge in [-0.3, -0.25) is 0 Å². The minimum atomic E-state index is 0.0956. The predicted molar refractivity (Wildman–Crippen MR) is 62.0 cm³/mol. The third kappa shape index (κ3) is 2.85. The van der Waals surface area contributed by atoms with Gasteiger partial charge in [-0.25, -0.2) is 9.98 Å². The summed E-state index contributed by atoms with van der Waals surface area (Å²) in [5, 5.41) is 0. The normalized spacial score (nSPS) is 15.2. The van der Waals surface area contributed by atoms with E-state index in [0.717, 1.165) is 18.4 Å². The van der Waals surface area contributed by atoms with Gasteiger partial charge in [0.25, 0.3) is 0 Å². The summed E-state index contributed by atoms with van der Waals surface area (Å²) < 4.78 is 5.68. The number of nitrogens with zero attached hydrogens (tertiary/aromatic N) is 2. The van der Waals surface area contributed by atoms with Gasteiger partial charge in [-0.05, 0) is 30.9 Å². The van der Waals surface area contributed by atoms with Crippen molar-refractivity contribution >= 4 is 5.96 Å². The molecule has 1 saturated carbocycles. The molecule has 0 aromatic carbocycles. The molecule has 0 spiro atoms. The van der Waals surface area contributed by atoms with Gasteiger partial charge in [-0.15, -0.1) is 0 Å². The molecule has 1 aliphatic rings. The van der Waals surface area contributed by atoms with Crippen molar-refractivity contribution in [1.29, 1.82) is 0 Å². The summed E-state index contributed by atoms with van der Waals surface area (Å²) in [6, 6.07) is 3.75. The number of aromatic nitrogens is 1. The minimum Gasteiger partial charge on any atom is -0.474 e. The van der Waals surface area contributed by atoms with E-state index in [0.29, 0.717) is 18.5 Å². The average molecular weight is 220 g/mol. The van der Waals surface area contributed by atoms with E-state index in [4.69, 9.17) is 16.2 Å². The van der Waals surface area contributed by atoms with Gasteiger partial charge in [0.05, 0.1) is 6.54 Å². The van der Waals surface area contributed by atoms with Crippen LogP contribution in [0.1, 0.15) is 24.8 Å². The molecular formula is C11H16N4O. The second-order valence-electron chi connectivity index (χ2n) is 3.91. The first kappa shape index (κ1) is 10.7. The maximum absolute atomic E-state index is 5.68. The number of hydrogen-bond donors (Lipinski definition) is 2. The Bertz CT molecular complexity index is 383. The highest BCUT2D eigenvalue weighted by atomic mass is 16.5. The molecule has 4 N–H and O–H groups in total. The van der Waals surface area contributed by atoms with Gasteiger partial charge in [0.1, 0.15) is 6.10 Å². The van der Waals surface area contributed by atoms with Crippen molar-refractivity contribution in [2.75, 3.05) is 0 Å². The Morgan fingerprint density at radius 2 is 2.31 bits per heavy atom. The highest BCUT2D eigenvalue weighted by Gasteiger charge is 2.19. The number of nitrogens with two attached hydrogens (primary N) is 2. The van der Waals surface area contributed by atoms with Gasteiger partial charge in [0.15, 0.2) is 5.96 Å². The van der Waals surface area contributed by atoms with Crippen molar-refractivity contribution in [3.8, 4) is 5.88 Å². The van der Waals surface area contributed by atoms with Crippen molar-refractivity contribution in [2.45, 2.75) is 31.9 Å². The summed E-state index contributed by atoms with van der Waals surface area (Å²) in [6.07, 6.45) is 5.55. The molecule has 0 atom stereocenters. The summed E-state index contributed by atoms with van der Waals surface area (Å²) in [5.41, 5.74) is 11.5. The van der Waals surface area contributed by atoms with Crippen molar-refractivity contribution in [1.82, 2.24) is 4.98 Å². The van der Waals surface area contributed by atoms with Crippen LogP contribution in [0.2, 0.25) is 0 Å². The van der Waals surface area contributed by atoms with E-state index >= 15 is 0 Å². The number of rotatable bonds is 4. The summed E-state index contributed by atoms with van der Waals surface area (Å²) in [5.74, 6) is 0.756. The van der Waals surface area contributed by atoms with E-state index in [9.17, 15) is 0 Å². The van der Waals surface area contributed by atoms with Crippen LogP contribution in [0, 0.1) is 0 Å². The lowest BCUT2D eigenvalue weighted by Gasteiger charge is -2.25. The molecular weight excluding hydrogens is 204 g/mol. The van der Waals surface area contributed by atoms with E-state index in [-0.39, 0.29) is 5.96 Å². The Morgan fingerprint density at radius 1 is 1.50 bits per heavy atom. The summed E-state index contributed by atoms with van der Waals surface area (Å²) in [6.45, 7) is 0.464. The molecule has 2 rings (SSSR count). The molecule has 0 bridgehead atoms. The van der Waals surface area contributed by atoms with Crippen LogP contribution in [0.15, 0.2) is 23.3 Å². The zero-order chi connectivity index (χ0) is 11.4. The second kappa shape index (κ2) is 4.83. The molecule has 1 aliphatic carbocycles. The largest absolute Gasteiger partial charge is 0.474 e. The maximum Gasteiger partial charge on any atom is 0.213 e. The Hall–Kier alpha value is -1.78. The molecule has 16 heavy (non-hydrogen) atoms. The highest BCUT2D eigenvalue weighted by molar-refractivity contribution is 5.75. The predicted octanol–water partition coefficient (Wildman–Crippen LogP) is 0.786. The van der Waals surface area contributed by atoms with E-state index in [1.165, 1.54) is 6.42 Å². The first-order chi connectivity index (χ1) is 7.74. The van der Waals surface area contributed by atoms with Crippen LogP contribution in [-0.2, 0) is 6.54 Å². The molecule has 0 saturated heterocycles. The van der Waals surface area contributed by atoms with Crippen LogP contribution in [-0.4, -0.2) is 17.0 Å². The van der Waals surface area contributed by atoms with Crippen LogP contribution in [0.25, 0.3) is 0 Å². The van der Waals surface area contributed by atoms with Crippen molar-refractivity contribution in [2.24, 2.45) is 16.5 Å². The highest BCUT2D eigenvalue weighted by Crippen LogP contribution is 2.24. The maximum atomic E-state index is 5.68. The van der Waals surface area contributed by atoms with Crippen molar-refractivity contribution in [3.05, 3.63) is 23.9 Å². The third-order valence-electron chi connectivity index (χ3n) is 2.58. The van der Waals surface area contributed by atoms with E-state index in [1.807, 2.05) is 12.1 Å². The number of pyridine rings is 1. The summed E-state index contributed by atoms with van der Waals surface area (Å²) in [4.78, 5) is 8.09. The molecule has 1 aromatic rings. The number of aliphatic imine (C=N–C) groups is 1. The van der Waals surface area contributed by atoms with Gasteiger partial charge >= 0.3 is 0 Å². The summed E-state index contributed by atoms with van der Waals surface area (Å²) >= 11 is 0. The van der Waals surface area contributed by atoms with Crippen LogP contribution in [0.4, 0.5) is 0 Å². The van der Waals surface area contributed by atoms with Crippen LogP contribution in [0.5, 0.6) is 5.88 Å². The molecule has 1 heterocycles. The molecule has 0 radical (unpaired) electrons. The molecule has 86 valence electrons. The van der Waals surface area contributed by atoms with Crippen molar-refractivity contribution in [3.63, 3.8) is 0 Å². The first-order valence-electron chi connectivity index (χ1n) is 5.41. The fourth-order valence-corrected chi connectivity index (χ4v) is 1.46. The number of ether oxygens (including phenoxy) is 1. The topological polar surface area (TPSA) is 86.5 Å². The number of guanidine groups is 1. The molecule has 5 heteroatoms. The summed E-state index contributed by atoms with van der Waals surface area (Å²) in [7, 11) is 0.